The molecule has 0 atom stereocenters. The van der Waals surface area contributed by atoms with E-state index in [0.717, 1.165) is 0 Å². The van der Waals surface area contributed by atoms with Gasteiger partial charge < -0.3 is 10.2 Å². The summed E-state index contributed by atoms with van der Waals surface area (Å²) in [5.74, 6) is -0.451. The van der Waals surface area contributed by atoms with Gasteiger partial charge >= 0.3 is 0 Å². The van der Waals surface area contributed by atoms with Gasteiger partial charge in [-0.25, -0.2) is 12.8 Å². The molecular weight excluding hydrogens is 431 g/mol. The van der Waals surface area contributed by atoms with Crippen molar-refractivity contribution in [2.45, 2.75) is 25.7 Å². The molecule has 0 radical (unpaired) electrons. The fraction of sp³-hybridized carbons (Fsp3) is 0.435. The van der Waals surface area contributed by atoms with Crippen molar-refractivity contribution >= 4 is 27.3 Å². The van der Waals surface area contributed by atoms with Gasteiger partial charge in [0.05, 0.1) is 17.1 Å². The second kappa shape index (κ2) is 10.4. The number of halogens is 1. The average Bonchev–Trinajstić information content (AvgIpc) is 2.76. The highest BCUT2D eigenvalue weighted by molar-refractivity contribution is 7.89. The summed E-state index contributed by atoms with van der Waals surface area (Å²) >= 11 is 0. The lowest BCUT2D eigenvalue weighted by molar-refractivity contribution is -0.117. The van der Waals surface area contributed by atoms with Crippen molar-refractivity contribution in [2.75, 3.05) is 56.0 Å². The van der Waals surface area contributed by atoms with Gasteiger partial charge in [0.1, 0.15) is 5.82 Å². The van der Waals surface area contributed by atoms with Crippen molar-refractivity contribution in [2.24, 2.45) is 0 Å². The molecule has 9 heteroatoms. The molecule has 1 saturated heterocycles. The minimum absolute atomic E-state index is 0.192. The number of nitrogens with zero attached hydrogens (tertiary/aromatic N) is 3. The smallest absolute Gasteiger partial charge is 0.243 e. The molecule has 32 heavy (non-hydrogen) atoms. The second-order valence-electron chi connectivity index (χ2n) is 7.83. The summed E-state index contributed by atoms with van der Waals surface area (Å²) in [5.41, 5.74) is 1.67. The molecule has 0 aliphatic carbocycles. The van der Waals surface area contributed by atoms with Gasteiger partial charge in [-0.2, -0.15) is 4.31 Å². The van der Waals surface area contributed by atoms with Crippen molar-refractivity contribution in [1.29, 1.82) is 0 Å². The Morgan fingerprint density at radius 2 is 1.72 bits per heavy atom. The summed E-state index contributed by atoms with van der Waals surface area (Å²) in [6.45, 7) is 8.84. The molecule has 3 rings (SSSR count). The van der Waals surface area contributed by atoms with Crippen LogP contribution in [-0.2, 0) is 14.8 Å². The fourth-order valence-electron chi connectivity index (χ4n) is 3.92. The first-order valence-corrected chi connectivity index (χ1v) is 12.3. The number of rotatable bonds is 8. The zero-order valence-electron chi connectivity index (χ0n) is 18.8. The Balaban J connectivity index is 1.61. The number of nitrogens with one attached hydrogen (secondary N) is 1. The van der Waals surface area contributed by atoms with Gasteiger partial charge in [-0.15, -0.1) is 0 Å². The van der Waals surface area contributed by atoms with Crippen LogP contribution < -0.4 is 10.2 Å². The average molecular weight is 463 g/mol. The zero-order valence-corrected chi connectivity index (χ0v) is 19.7. The van der Waals surface area contributed by atoms with Crippen LogP contribution in [-0.4, -0.2) is 69.3 Å². The van der Waals surface area contributed by atoms with Crippen LogP contribution >= 0.6 is 0 Å². The third-order valence-corrected chi connectivity index (χ3v) is 7.92. The molecule has 2 aromatic rings. The number of benzene rings is 2. The van der Waals surface area contributed by atoms with Crippen LogP contribution in [0, 0.1) is 12.7 Å². The van der Waals surface area contributed by atoms with Crippen LogP contribution in [0.2, 0.25) is 0 Å². The van der Waals surface area contributed by atoms with Crippen molar-refractivity contribution < 1.29 is 17.6 Å². The summed E-state index contributed by atoms with van der Waals surface area (Å²) in [5, 5.41) is 2.82. The van der Waals surface area contributed by atoms with E-state index in [2.05, 4.69) is 5.32 Å². The lowest BCUT2D eigenvalue weighted by Gasteiger charge is -2.35. The SMILES string of the molecule is CCN(CC)S(=O)(=O)c1cc(NC(=O)CN2CCN(c3ccccc3F)CC2)ccc1C. The number of carbonyl (C=O) groups is 1. The minimum Gasteiger partial charge on any atom is -0.367 e. The number of para-hydroxylation sites is 1. The molecule has 7 nitrogen and oxygen atoms in total. The first kappa shape index (κ1) is 24.2. The number of sulfonamides is 1. The molecule has 1 aliphatic heterocycles. The summed E-state index contributed by atoms with van der Waals surface area (Å²) in [4.78, 5) is 16.8. The Hall–Kier alpha value is -2.49. The van der Waals surface area contributed by atoms with E-state index in [4.69, 9.17) is 0 Å². The highest BCUT2D eigenvalue weighted by Crippen LogP contribution is 2.24. The summed E-state index contributed by atoms with van der Waals surface area (Å²) in [6, 6.07) is 11.6. The topological polar surface area (TPSA) is 73.0 Å². The van der Waals surface area contributed by atoms with E-state index >= 15 is 0 Å². The predicted molar refractivity (Wildman–Crippen MR) is 125 cm³/mol. The second-order valence-corrected chi connectivity index (χ2v) is 9.74. The van der Waals surface area contributed by atoms with Crippen LogP contribution in [0.15, 0.2) is 47.4 Å². The van der Waals surface area contributed by atoms with Crippen LogP contribution in [0.1, 0.15) is 19.4 Å². The van der Waals surface area contributed by atoms with E-state index in [-0.39, 0.29) is 23.2 Å². The molecule has 0 saturated carbocycles. The molecule has 1 amide bonds. The number of carbonyl (C=O) groups excluding carboxylic acids is 1. The minimum atomic E-state index is -3.62. The monoisotopic (exact) mass is 462 g/mol. The molecule has 0 spiro atoms. The standard InChI is InChI=1S/C23H31FN4O3S/c1-4-28(5-2)32(30,31)22-16-19(11-10-18(22)3)25-23(29)17-26-12-14-27(15-13-26)21-9-7-6-8-20(21)24/h6-11,16H,4-5,12-15,17H2,1-3H3,(H,25,29). The lowest BCUT2D eigenvalue weighted by atomic mass is 10.2. The maximum absolute atomic E-state index is 14.0. The number of hydrogen-bond acceptors (Lipinski definition) is 5. The third kappa shape index (κ3) is 5.46. The molecule has 1 aliphatic rings. The first-order chi connectivity index (χ1) is 15.3. The van der Waals surface area contributed by atoms with Gasteiger partial charge in [-0.1, -0.05) is 32.0 Å². The van der Waals surface area contributed by atoms with Crippen LogP contribution in [0.3, 0.4) is 0 Å². The van der Waals surface area contributed by atoms with E-state index in [0.29, 0.717) is 56.2 Å². The van der Waals surface area contributed by atoms with Crippen molar-refractivity contribution in [3.8, 4) is 0 Å². The normalized spacial score (nSPS) is 15.2. The van der Waals surface area contributed by atoms with Gasteiger partial charge in [0, 0.05) is 45.0 Å². The van der Waals surface area contributed by atoms with E-state index in [1.807, 2.05) is 15.9 Å². The van der Waals surface area contributed by atoms with E-state index in [9.17, 15) is 17.6 Å². The molecule has 0 bridgehead atoms. The molecule has 2 aromatic carbocycles. The Kier molecular flexibility index (Phi) is 7.86. The van der Waals surface area contributed by atoms with E-state index < -0.39 is 10.0 Å². The first-order valence-electron chi connectivity index (χ1n) is 10.9. The molecule has 1 heterocycles. The zero-order chi connectivity index (χ0) is 23.3. The fourth-order valence-corrected chi connectivity index (χ4v) is 5.63. The maximum atomic E-state index is 14.0. The predicted octanol–water partition coefficient (Wildman–Crippen LogP) is 2.93. The Labute approximate surface area is 189 Å². The molecular formula is C23H31FN4O3S. The molecule has 0 unspecified atom stereocenters. The van der Waals surface area contributed by atoms with Crippen molar-refractivity contribution in [3.05, 3.63) is 53.8 Å². The largest absolute Gasteiger partial charge is 0.367 e. The number of aryl methyl sites for hydroxylation is 1. The van der Waals surface area contributed by atoms with Crippen LogP contribution in [0.4, 0.5) is 15.8 Å². The Bertz CT molecular complexity index is 1050. The highest BCUT2D eigenvalue weighted by atomic mass is 32.2. The Morgan fingerprint density at radius 3 is 2.34 bits per heavy atom. The van der Waals surface area contributed by atoms with Gasteiger partial charge in [0.15, 0.2) is 0 Å². The van der Waals surface area contributed by atoms with Gasteiger partial charge in [0.2, 0.25) is 15.9 Å². The van der Waals surface area contributed by atoms with E-state index in [1.54, 1.807) is 45.0 Å². The summed E-state index contributed by atoms with van der Waals surface area (Å²) in [7, 11) is -3.62. The Morgan fingerprint density at radius 1 is 1.06 bits per heavy atom. The maximum Gasteiger partial charge on any atom is 0.243 e. The molecule has 1 N–H and O–H groups in total. The quantitative estimate of drug-likeness (QED) is 0.653. The number of anilines is 2. The number of hydrogen-bond donors (Lipinski definition) is 1. The van der Waals surface area contributed by atoms with Crippen molar-refractivity contribution in [1.82, 2.24) is 9.21 Å². The van der Waals surface area contributed by atoms with Crippen molar-refractivity contribution in [3.63, 3.8) is 0 Å². The van der Waals surface area contributed by atoms with Gasteiger partial charge in [0.25, 0.3) is 0 Å². The summed E-state index contributed by atoms with van der Waals surface area (Å²) in [6.07, 6.45) is 0. The number of amides is 1. The highest BCUT2D eigenvalue weighted by Gasteiger charge is 2.25. The van der Waals surface area contributed by atoms with E-state index in [1.165, 1.54) is 16.4 Å². The van der Waals surface area contributed by atoms with Crippen LogP contribution in [0.5, 0.6) is 0 Å². The van der Waals surface area contributed by atoms with Gasteiger partial charge in [-0.3, -0.25) is 9.69 Å². The number of piperazine rings is 1. The van der Waals surface area contributed by atoms with Crippen LogP contribution in [0.25, 0.3) is 0 Å². The lowest BCUT2D eigenvalue weighted by Crippen LogP contribution is -2.48. The third-order valence-electron chi connectivity index (χ3n) is 5.73. The van der Waals surface area contributed by atoms with Gasteiger partial charge in [-0.05, 0) is 36.8 Å². The summed E-state index contributed by atoms with van der Waals surface area (Å²) < 4.78 is 41.2. The molecule has 1 fully saturated rings. The molecule has 174 valence electrons. The molecule has 0 aromatic heterocycles.